The maximum absolute atomic E-state index is 16.9. The Kier molecular flexibility index (Phi) is 9.37. The number of halogens is 1. The number of imidazole rings is 1. The summed E-state index contributed by atoms with van der Waals surface area (Å²) in [5.74, 6) is -0.980. The van der Waals surface area contributed by atoms with Crippen LogP contribution in [0.2, 0.25) is 0 Å². The molecule has 6 N–H and O–H groups in total. The SMILES string of the molecule is CCOCc1nc2c(N)nc3ccccc3c2n1CC(C)(C)O.C[C@@H]1C[C@H]2[C@@H]3CCC4=CC(=O)C=C[C@]4(C)[C@@]3(F)[C@@H](O)C[C@]2(C)[C@@]1(O)C(=O)CO. The van der Waals surface area contributed by atoms with Gasteiger partial charge < -0.3 is 35.5 Å². The van der Waals surface area contributed by atoms with E-state index in [1.807, 2.05) is 35.8 Å². The van der Waals surface area contributed by atoms with E-state index >= 15 is 4.39 Å². The summed E-state index contributed by atoms with van der Waals surface area (Å²) in [6.45, 7) is 11.3. The van der Waals surface area contributed by atoms with Gasteiger partial charge in [0, 0.05) is 28.7 Å². The van der Waals surface area contributed by atoms with E-state index in [-0.39, 0.29) is 18.1 Å². The lowest BCUT2D eigenvalue weighted by atomic mass is 9.44. The van der Waals surface area contributed by atoms with Gasteiger partial charge in [-0.05, 0) is 83.4 Å². The van der Waals surface area contributed by atoms with E-state index in [9.17, 15) is 30.0 Å². The van der Waals surface area contributed by atoms with Crippen molar-refractivity contribution in [1.82, 2.24) is 14.5 Å². The zero-order chi connectivity index (χ0) is 37.3. The summed E-state index contributed by atoms with van der Waals surface area (Å²) >= 11 is 0. The summed E-state index contributed by atoms with van der Waals surface area (Å²) in [6, 6.07) is 7.81. The number of carbonyl (C=O) groups is 2. The molecule has 8 atom stereocenters. The number of nitrogens with zero attached hydrogens (tertiary/aromatic N) is 3. The van der Waals surface area contributed by atoms with Crippen LogP contribution >= 0.6 is 0 Å². The van der Waals surface area contributed by atoms with Gasteiger partial charge in [-0.3, -0.25) is 9.59 Å². The van der Waals surface area contributed by atoms with Crippen LogP contribution in [0.25, 0.3) is 21.9 Å². The number of aliphatic hydroxyl groups is 4. The summed E-state index contributed by atoms with van der Waals surface area (Å²) in [7, 11) is 0. The largest absolute Gasteiger partial charge is 0.390 e. The highest BCUT2D eigenvalue weighted by atomic mass is 19.1. The average Bonchev–Trinajstić information content (AvgIpc) is 3.52. The molecule has 0 spiro atoms. The normalized spacial score (nSPS) is 34.4. The molecule has 0 unspecified atom stereocenters. The van der Waals surface area contributed by atoms with Gasteiger partial charge in [-0.15, -0.1) is 0 Å². The third-order valence-electron chi connectivity index (χ3n) is 12.5. The molecule has 3 fully saturated rings. The summed E-state index contributed by atoms with van der Waals surface area (Å²) < 4.78 is 24.4. The fourth-order valence-electron chi connectivity index (χ4n) is 10.0. The molecule has 51 heavy (non-hydrogen) atoms. The molecular formula is C39H51FN4O7. The maximum Gasteiger partial charge on any atom is 0.190 e. The van der Waals surface area contributed by atoms with Crippen LogP contribution < -0.4 is 5.73 Å². The Morgan fingerprint density at radius 3 is 2.57 bits per heavy atom. The van der Waals surface area contributed by atoms with Gasteiger partial charge >= 0.3 is 0 Å². The number of allylic oxidation sites excluding steroid dienone is 4. The number of alkyl halides is 1. The number of hydrogen-bond donors (Lipinski definition) is 5. The first-order valence-corrected chi connectivity index (χ1v) is 17.9. The molecule has 12 heteroatoms. The summed E-state index contributed by atoms with van der Waals surface area (Å²) in [6.07, 6.45) is 4.44. The second kappa shape index (κ2) is 12.8. The van der Waals surface area contributed by atoms with Gasteiger partial charge in [0.1, 0.15) is 30.2 Å². The van der Waals surface area contributed by atoms with Gasteiger partial charge in [-0.1, -0.05) is 43.7 Å². The predicted molar refractivity (Wildman–Crippen MR) is 191 cm³/mol. The second-order valence-corrected chi connectivity index (χ2v) is 16.0. The number of nitrogens with two attached hydrogens (primary N) is 1. The number of carbonyl (C=O) groups excluding carboxylic acids is 2. The Morgan fingerprint density at radius 2 is 1.90 bits per heavy atom. The highest BCUT2D eigenvalue weighted by Crippen LogP contribution is 2.70. The third-order valence-corrected chi connectivity index (χ3v) is 12.5. The van der Waals surface area contributed by atoms with E-state index in [0.717, 1.165) is 22.2 Å². The topological polar surface area (TPSA) is 181 Å². The van der Waals surface area contributed by atoms with Crippen LogP contribution in [0.15, 0.2) is 48.1 Å². The Balaban J connectivity index is 0.000000179. The van der Waals surface area contributed by atoms with E-state index in [4.69, 9.17) is 10.5 Å². The summed E-state index contributed by atoms with van der Waals surface area (Å²) in [5, 5.41) is 43.2. The molecule has 0 radical (unpaired) electrons. The minimum absolute atomic E-state index is 0.0676. The molecule has 0 saturated heterocycles. The Bertz CT molecular complexity index is 1940. The molecule has 2 aromatic heterocycles. The first-order chi connectivity index (χ1) is 23.9. The number of pyridine rings is 1. The van der Waals surface area contributed by atoms with Crippen molar-refractivity contribution in [3.8, 4) is 0 Å². The van der Waals surface area contributed by atoms with E-state index in [2.05, 4.69) is 9.97 Å². The number of fused-ring (bicyclic) bond motifs is 8. The van der Waals surface area contributed by atoms with Crippen molar-refractivity contribution in [2.75, 3.05) is 18.9 Å². The number of nitrogen functional groups attached to an aromatic ring is 1. The molecule has 3 saturated carbocycles. The lowest BCUT2D eigenvalue weighted by Gasteiger charge is -2.62. The lowest BCUT2D eigenvalue weighted by molar-refractivity contribution is -0.219. The number of ketones is 2. The number of ether oxygens (including phenoxy) is 1. The van der Waals surface area contributed by atoms with Gasteiger partial charge in [0.15, 0.2) is 23.1 Å². The number of Topliss-reactive ketones (excluding diaryl/α,β-unsaturated/α-hetero) is 1. The quantitative estimate of drug-likeness (QED) is 0.237. The molecule has 1 aromatic carbocycles. The first-order valence-electron chi connectivity index (χ1n) is 17.9. The van der Waals surface area contributed by atoms with E-state index in [1.165, 1.54) is 12.2 Å². The molecule has 276 valence electrons. The van der Waals surface area contributed by atoms with Crippen LogP contribution in [-0.2, 0) is 27.5 Å². The fourth-order valence-corrected chi connectivity index (χ4v) is 10.0. The predicted octanol–water partition coefficient (Wildman–Crippen LogP) is 4.37. The summed E-state index contributed by atoms with van der Waals surface area (Å²) in [4.78, 5) is 33.4. The third kappa shape index (κ3) is 5.56. The molecule has 0 amide bonds. The minimum Gasteiger partial charge on any atom is -0.390 e. The molecule has 11 nitrogen and oxygen atoms in total. The first kappa shape index (κ1) is 37.2. The smallest absolute Gasteiger partial charge is 0.190 e. The van der Waals surface area contributed by atoms with Crippen molar-refractivity contribution in [2.24, 2.45) is 28.6 Å². The highest BCUT2D eigenvalue weighted by Gasteiger charge is 2.75. The van der Waals surface area contributed by atoms with Gasteiger partial charge in [0.25, 0.3) is 0 Å². The van der Waals surface area contributed by atoms with Crippen molar-refractivity contribution in [3.05, 3.63) is 53.9 Å². The number of hydrogen-bond acceptors (Lipinski definition) is 10. The number of rotatable bonds is 7. The molecule has 0 bridgehead atoms. The van der Waals surface area contributed by atoms with Crippen molar-refractivity contribution in [1.29, 1.82) is 0 Å². The second-order valence-electron chi connectivity index (χ2n) is 16.0. The van der Waals surface area contributed by atoms with Crippen molar-refractivity contribution in [3.63, 3.8) is 0 Å². The molecular weight excluding hydrogens is 655 g/mol. The number of aromatic nitrogens is 3. The van der Waals surface area contributed by atoms with Crippen molar-refractivity contribution < 1.29 is 39.1 Å². The van der Waals surface area contributed by atoms with Crippen LogP contribution in [0.5, 0.6) is 0 Å². The van der Waals surface area contributed by atoms with Gasteiger partial charge in [0.2, 0.25) is 0 Å². The standard InChI is InChI=1S/C22H29FO5.C17H22N4O2/c1-12-8-16-15-5-4-13-9-14(25)6-7-19(13,2)21(15,23)17(26)10-20(16,3)22(12,28)18(27)11-24;1-4-23-9-13-20-14-15(21(13)10-17(2,3)22)11-7-5-6-8-12(11)19-16(14)18/h6-7,9,12,15-17,24,26,28H,4-5,8,10-11H2,1-3H3;5-8,22H,4,9-10H2,1-3H3,(H2,18,19)/t12-,15+,16+,17+,19+,20+,21+,22+;/m1./s1. The van der Waals surface area contributed by atoms with Gasteiger partial charge in [-0.25, -0.2) is 14.4 Å². The summed E-state index contributed by atoms with van der Waals surface area (Å²) in [5.41, 5.74) is 2.42. The number of benzene rings is 1. The van der Waals surface area contributed by atoms with Crippen LogP contribution in [-0.4, -0.2) is 82.7 Å². The number of para-hydroxylation sites is 1. The Hall–Kier alpha value is -3.55. The molecule has 4 aliphatic rings. The Morgan fingerprint density at radius 1 is 1.20 bits per heavy atom. The van der Waals surface area contributed by atoms with Gasteiger partial charge in [0.05, 0.1) is 29.3 Å². The van der Waals surface area contributed by atoms with Crippen molar-refractivity contribution >= 4 is 39.3 Å². The molecule has 7 rings (SSSR count). The average molecular weight is 707 g/mol. The highest BCUT2D eigenvalue weighted by molar-refractivity contribution is 6.06. The fraction of sp³-hybridized carbons (Fsp3) is 0.590. The lowest BCUT2D eigenvalue weighted by Crippen LogP contribution is -2.69. The van der Waals surface area contributed by atoms with Gasteiger partial charge in [-0.2, -0.15) is 0 Å². The van der Waals surface area contributed by atoms with Crippen LogP contribution in [0.1, 0.15) is 73.1 Å². The zero-order valence-electron chi connectivity index (χ0n) is 30.3. The molecule has 2 heterocycles. The number of aliphatic hydroxyl groups excluding tert-OH is 2. The van der Waals surface area contributed by atoms with Crippen LogP contribution in [0, 0.1) is 28.6 Å². The van der Waals surface area contributed by atoms with E-state index in [1.54, 1.807) is 40.7 Å². The minimum atomic E-state index is -1.98. The van der Waals surface area contributed by atoms with Crippen LogP contribution in [0.4, 0.5) is 10.2 Å². The number of anilines is 1. The molecule has 0 aliphatic heterocycles. The van der Waals surface area contributed by atoms with Crippen LogP contribution in [0.3, 0.4) is 0 Å². The van der Waals surface area contributed by atoms with E-state index < -0.39 is 58.0 Å². The van der Waals surface area contributed by atoms with E-state index in [0.29, 0.717) is 55.9 Å². The molecule has 4 aliphatic carbocycles. The maximum atomic E-state index is 16.9. The van der Waals surface area contributed by atoms with Crippen molar-refractivity contribution in [2.45, 2.75) is 103 Å². The molecule has 3 aromatic rings. The Labute approximate surface area is 297 Å². The zero-order valence-corrected chi connectivity index (χ0v) is 30.3. The monoisotopic (exact) mass is 706 g/mol.